The molecule has 0 unspecified atom stereocenters. The minimum Gasteiger partial charge on any atom is -0.445 e. The van der Waals surface area contributed by atoms with Crippen LogP contribution in [-0.2, 0) is 0 Å². The molecule has 1 N–H and O–H groups in total. The van der Waals surface area contributed by atoms with Gasteiger partial charge in [-0.2, -0.15) is 4.57 Å². The van der Waals surface area contributed by atoms with Crippen LogP contribution in [0.25, 0.3) is 16.8 Å². The Balaban J connectivity index is 2.45. The van der Waals surface area contributed by atoms with E-state index in [1.54, 1.807) is 31.2 Å². The Labute approximate surface area is 108 Å². The molecule has 5 heteroatoms. The number of nitrogens with zero attached hydrogens (tertiary/aromatic N) is 1. The Hall–Kier alpha value is -2.56. The summed E-state index contributed by atoms with van der Waals surface area (Å²) in [6.45, 7) is 3.60. The van der Waals surface area contributed by atoms with E-state index in [0.29, 0.717) is 16.7 Å². The molecule has 0 aliphatic heterocycles. The van der Waals surface area contributed by atoms with Crippen molar-refractivity contribution < 1.29 is 4.42 Å². The number of fused-ring (bicyclic) bond motifs is 1. The Morgan fingerprint density at radius 1 is 1.11 bits per heavy atom. The number of hydrogen-bond donors (Lipinski definition) is 1. The van der Waals surface area contributed by atoms with Gasteiger partial charge in [-0.25, -0.2) is 4.79 Å². The first-order chi connectivity index (χ1) is 9.08. The molecule has 0 fully saturated rings. The summed E-state index contributed by atoms with van der Waals surface area (Å²) >= 11 is 0. The highest BCUT2D eigenvalue weighted by Crippen LogP contribution is 2.12. The van der Waals surface area contributed by atoms with Gasteiger partial charge in [0.05, 0.1) is 10.9 Å². The largest absolute Gasteiger partial charge is 0.445 e. The fourth-order valence-electron chi connectivity index (χ4n) is 2.13. The first-order valence-corrected chi connectivity index (χ1v) is 5.89. The van der Waals surface area contributed by atoms with Crippen molar-refractivity contribution >= 4 is 10.9 Å². The molecule has 19 heavy (non-hydrogen) atoms. The van der Waals surface area contributed by atoms with Crippen molar-refractivity contribution in [3.63, 3.8) is 0 Å². The Bertz CT molecular complexity index is 884. The van der Waals surface area contributed by atoms with Gasteiger partial charge in [-0.15, -0.1) is 0 Å². The summed E-state index contributed by atoms with van der Waals surface area (Å²) in [4.78, 5) is 27.2. The molecule has 0 aliphatic carbocycles. The standard InChI is InChI=1S/C14H12N2O3/c1-8-4-3-5-10-12(8)15-14(18)16(13(10)17)11-7-6-9(2)19-11/h3-7H,1-2H3,(H,15,18). The van der Waals surface area contributed by atoms with E-state index in [-0.39, 0.29) is 11.4 Å². The van der Waals surface area contributed by atoms with Gasteiger partial charge in [-0.1, -0.05) is 12.1 Å². The normalized spacial score (nSPS) is 11.1. The zero-order valence-electron chi connectivity index (χ0n) is 10.6. The average molecular weight is 256 g/mol. The maximum atomic E-state index is 12.4. The molecule has 0 bridgehead atoms. The number of para-hydroxylation sites is 1. The molecule has 0 amide bonds. The van der Waals surface area contributed by atoms with E-state index >= 15 is 0 Å². The third kappa shape index (κ3) is 1.71. The smallest absolute Gasteiger partial charge is 0.335 e. The first kappa shape index (κ1) is 11.5. The van der Waals surface area contributed by atoms with Crippen molar-refractivity contribution in [2.45, 2.75) is 13.8 Å². The molecule has 2 heterocycles. The lowest BCUT2D eigenvalue weighted by Crippen LogP contribution is -2.33. The maximum Gasteiger partial charge on any atom is 0.335 e. The molecule has 0 aliphatic rings. The van der Waals surface area contributed by atoms with Crippen LogP contribution in [0.4, 0.5) is 0 Å². The summed E-state index contributed by atoms with van der Waals surface area (Å²) in [6, 6.07) is 8.64. The zero-order chi connectivity index (χ0) is 13.6. The first-order valence-electron chi connectivity index (χ1n) is 5.89. The molecule has 2 aromatic heterocycles. The lowest BCUT2D eigenvalue weighted by Gasteiger charge is -2.05. The average Bonchev–Trinajstić information content (AvgIpc) is 2.77. The molecule has 0 radical (unpaired) electrons. The van der Waals surface area contributed by atoms with Crippen LogP contribution < -0.4 is 11.2 Å². The minimum atomic E-state index is -0.499. The molecule has 0 spiro atoms. The van der Waals surface area contributed by atoms with Crippen LogP contribution in [0.15, 0.2) is 44.3 Å². The highest BCUT2D eigenvalue weighted by Gasteiger charge is 2.12. The van der Waals surface area contributed by atoms with E-state index in [9.17, 15) is 9.59 Å². The van der Waals surface area contributed by atoms with Crippen LogP contribution in [0.1, 0.15) is 11.3 Å². The van der Waals surface area contributed by atoms with Gasteiger partial charge in [0.1, 0.15) is 5.76 Å². The van der Waals surface area contributed by atoms with E-state index in [1.165, 1.54) is 0 Å². The summed E-state index contributed by atoms with van der Waals surface area (Å²) < 4.78 is 6.36. The molecular formula is C14H12N2O3. The number of rotatable bonds is 1. The van der Waals surface area contributed by atoms with Crippen molar-refractivity contribution in [1.29, 1.82) is 0 Å². The van der Waals surface area contributed by atoms with Gasteiger partial charge in [-0.05, 0) is 31.5 Å². The topological polar surface area (TPSA) is 68.0 Å². The van der Waals surface area contributed by atoms with Crippen molar-refractivity contribution in [3.8, 4) is 5.88 Å². The van der Waals surface area contributed by atoms with Crippen LogP contribution in [0, 0.1) is 13.8 Å². The monoisotopic (exact) mass is 256 g/mol. The lowest BCUT2D eigenvalue weighted by molar-refractivity contribution is 0.501. The summed E-state index contributed by atoms with van der Waals surface area (Å²) in [5.74, 6) is 0.873. The van der Waals surface area contributed by atoms with E-state index in [1.807, 2.05) is 13.0 Å². The molecular weight excluding hydrogens is 244 g/mol. The summed E-state index contributed by atoms with van der Waals surface area (Å²) in [5.41, 5.74) is 0.546. The van der Waals surface area contributed by atoms with Crippen molar-refractivity contribution in [2.75, 3.05) is 0 Å². The second kappa shape index (κ2) is 3.98. The highest BCUT2D eigenvalue weighted by atomic mass is 16.4. The van der Waals surface area contributed by atoms with Gasteiger partial charge in [-0.3, -0.25) is 4.79 Å². The molecule has 0 saturated carbocycles. The summed E-state index contributed by atoms with van der Waals surface area (Å²) in [6.07, 6.45) is 0. The van der Waals surface area contributed by atoms with Crippen LogP contribution in [0.3, 0.4) is 0 Å². The molecule has 0 atom stereocenters. The highest BCUT2D eigenvalue weighted by molar-refractivity contribution is 5.80. The van der Waals surface area contributed by atoms with Gasteiger partial charge < -0.3 is 9.40 Å². The Morgan fingerprint density at radius 2 is 1.89 bits per heavy atom. The summed E-state index contributed by atoms with van der Waals surface area (Å²) in [7, 11) is 0. The maximum absolute atomic E-state index is 12.4. The second-order valence-electron chi connectivity index (χ2n) is 4.45. The molecule has 3 rings (SSSR count). The number of aryl methyl sites for hydroxylation is 2. The number of nitrogens with one attached hydrogen (secondary N) is 1. The Kier molecular flexibility index (Phi) is 2.41. The fourth-order valence-corrected chi connectivity index (χ4v) is 2.13. The quantitative estimate of drug-likeness (QED) is 0.723. The molecule has 5 nitrogen and oxygen atoms in total. The van der Waals surface area contributed by atoms with Gasteiger partial charge >= 0.3 is 5.69 Å². The van der Waals surface area contributed by atoms with Crippen LogP contribution in [-0.4, -0.2) is 9.55 Å². The lowest BCUT2D eigenvalue weighted by atomic mass is 10.1. The number of H-pyrrole nitrogens is 1. The third-order valence-corrected chi connectivity index (χ3v) is 3.09. The molecule has 1 aromatic carbocycles. The van der Waals surface area contributed by atoms with E-state index in [4.69, 9.17) is 4.42 Å². The van der Waals surface area contributed by atoms with Crippen molar-refractivity contribution in [2.24, 2.45) is 0 Å². The van der Waals surface area contributed by atoms with Gasteiger partial charge in [0.15, 0.2) is 0 Å². The van der Waals surface area contributed by atoms with Crippen LogP contribution >= 0.6 is 0 Å². The number of benzene rings is 1. The fraction of sp³-hybridized carbons (Fsp3) is 0.143. The van der Waals surface area contributed by atoms with Gasteiger partial charge in [0.2, 0.25) is 5.88 Å². The molecule has 96 valence electrons. The number of aromatic amines is 1. The molecule has 3 aromatic rings. The number of furan rings is 1. The van der Waals surface area contributed by atoms with Crippen LogP contribution in [0.5, 0.6) is 0 Å². The van der Waals surface area contributed by atoms with Crippen molar-refractivity contribution in [1.82, 2.24) is 9.55 Å². The van der Waals surface area contributed by atoms with Gasteiger partial charge in [0, 0.05) is 6.07 Å². The zero-order valence-corrected chi connectivity index (χ0v) is 10.6. The third-order valence-electron chi connectivity index (χ3n) is 3.09. The second-order valence-corrected chi connectivity index (χ2v) is 4.45. The number of hydrogen-bond acceptors (Lipinski definition) is 3. The van der Waals surface area contributed by atoms with Gasteiger partial charge in [0.25, 0.3) is 5.56 Å². The van der Waals surface area contributed by atoms with E-state index in [2.05, 4.69) is 4.98 Å². The predicted octanol–water partition coefficient (Wildman–Crippen LogP) is 1.89. The SMILES string of the molecule is Cc1ccc(-n2c(=O)[nH]c3c(C)cccc3c2=O)o1. The van der Waals surface area contributed by atoms with E-state index < -0.39 is 5.69 Å². The van der Waals surface area contributed by atoms with E-state index in [0.717, 1.165) is 10.1 Å². The Morgan fingerprint density at radius 3 is 2.58 bits per heavy atom. The minimum absolute atomic E-state index is 0.229. The van der Waals surface area contributed by atoms with Crippen LogP contribution in [0.2, 0.25) is 0 Å². The predicted molar refractivity (Wildman–Crippen MR) is 71.9 cm³/mol. The summed E-state index contributed by atoms with van der Waals surface area (Å²) in [5, 5.41) is 0.466. The molecule has 0 saturated heterocycles. The van der Waals surface area contributed by atoms with Crippen molar-refractivity contribution in [3.05, 3.63) is 62.5 Å². The number of aromatic nitrogens is 2.